The largest absolute Gasteiger partial charge is 0.336 e. The summed E-state index contributed by atoms with van der Waals surface area (Å²) in [7, 11) is 1.79. The molecule has 3 aromatic rings. The lowest BCUT2D eigenvalue weighted by atomic mass is 10.1. The Morgan fingerprint density at radius 3 is 3.00 bits per heavy atom. The zero-order chi connectivity index (χ0) is 19.1. The minimum atomic E-state index is -0.0809. The first-order valence-electron chi connectivity index (χ1n) is 8.68. The van der Waals surface area contributed by atoms with E-state index in [1.54, 1.807) is 41.1 Å². The Balaban J connectivity index is 1.59. The van der Waals surface area contributed by atoms with Gasteiger partial charge in [0.1, 0.15) is 0 Å². The molecule has 1 aromatic carbocycles. The highest BCUT2D eigenvalue weighted by molar-refractivity contribution is 7.99. The topological polar surface area (TPSA) is 66.7 Å². The van der Waals surface area contributed by atoms with Gasteiger partial charge in [-0.15, -0.1) is 23.1 Å². The van der Waals surface area contributed by atoms with Crippen molar-refractivity contribution in [2.45, 2.75) is 31.7 Å². The van der Waals surface area contributed by atoms with Crippen molar-refractivity contribution >= 4 is 45.6 Å². The fourth-order valence-corrected chi connectivity index (χ4v) is 5.00. The molecule has 1 aliphatic rings. The molecule has 0 aliphatic carbocycles. The summed E-state index contributed by atoms with van der Waals surface area (Å²) in [5.74, 6) is 0.662. The highest BCUT2D eigenvalue weighted by Gasteiger charge is 2.20. The van der Waals surface area contributed by atoms with Gasteiger partial charge < -0.3 is 10.2 Å². The smallest absolute Gasteiger partial charge is 0.254 e. The van der Waals surface area contributed by atoms with Gasteiger partial charge in [0.05, 0.1) is 23.6 Å². The SMILES string of the molecule is Cc1cn2c(CN(C)C(=O)c3ccc4c(c3)NC(=O)CCS4)c(C)nc2s1. The Morgan fingerprint density at radius 2 is 2.19 bits per heavy atom. The second kappa shape index (κ2) is 7.01. The molecule has 0 bridgehead atoms. The van der Waals surface area contributed by atoms with Gasteiger partial charge in [-0.1, -0.05) is 0 Å². The van der Waals surface area contributed by atoms with Crippen molar-refractivity contribution in [3.8, 4) is 0 Å². The average molecular weight is 401 g/mol. The van der Waals surface area contributed by atoms with Crippen LogP contribution in [0.2, 0.25) is 0 Å². The third-order valence-corrected chi connectivity index (χ3v) is 6.54. The van der Waals surface area contributed by atoms with Gasteiger partial charge in [0.2, 0.25) is 5.91 Å². The molecule has 1 aliphatic heterocycles. The van der Waals surface area contributed by atoms with Crippen LogP contribution in [0.15, 0.2) is 29.3 Å². The van der Waals surface area contributed by atoms with E-state index in [0.29, 0.717) is 18.5 Å². The summed E-state index contributed by atoms with van der Waals surface area (Å²) < 4.78 is 2.06. The van der Waals surface area contributed by atoms with Crippen LogP contribution in [0, 0.1) is 13.8 Å². The summed E-state index contributed by atoms with van der Waals surface area (Å²) in [6.45, 7) is 4.49. The van der Waals surface area contributed by atoms with Crippen LogP contribution in [0.5, 0.6) is 0 Å². The summed E-state index contributed by atoms with van der Waals surface area (Å²) in [4.78, 5) is 34.2. The molecule has 27 heavy (non-hydrogen) atoms. The van der Waals surface area contributed by atoms with E-state index < -0.39 is 0 Å². The number of nitrogens with one attached hydrogen (secondary N) is 1. The van der Waals surface area contributed by atoms with E-state index >= 15 is 0 Å². The Kier molecular flexibility index (Phi) is 4.69. The van der Waals surface area contributed by atoms with Gasteiger partial charge in [0.15, 0.2) is 4.96 Å². The monoisotopic (exact) mass is 400 g/mol. The lowest BCUT2D eigenvalue weighted by Crippen LogP contribution is -2.27. The van der Waals surface area contributed by atoms with E-state index in [-0.39, 0.29) is 11.8 Å². The van der Waals surface area contributed by atoms with E-state index in [1.807, 2.05) is 19.1 Å². The van der Waals surface area contributed by atoms with Crippen LogP contribution in [0.25, 0.3) is 4.96 Å². The Morgan fingerprint density at radius 1 is 1.37 bits per heavy atom. The molecule has 1 N–H and O–H groups in total. The van der Waals surface area contributed by atoms with E-state index in [2.05, 4.69) is 27.8 Å². The number of hydrogen-bond acceptors (Lipinski definition) is 5. The van der Waals surface area contributed by atoms with Crippen molar-refractivity contribution in [3.05, 3.63) is 46.2 Å². The number of thiazole rings is 1. The molecule has 0 saturated carbocycles. The first-order valence-corrected chi connectivity index (χ1v) is 10.5. The Bertz CT molecular complexity index is 1050. The number of thioether (sulfide) groups is 1. The Hall–Kier alpha value is -2.32. The highest BCUT2D eigenvalue weighted by atomic mass is 32.2. The number of nitrogens with zero attached hydrogens (tertiary/aromatic N) is 3. The number of aromatic nitrogens is 2. The van der Waals surface area contributed by atoms with Crippen LogP contribution in [-0.4, -0.2) is 38.9 Å². The number of imidazole rings is 1. The summed E-state index contributed by atoms with van der Waals surface area (Å²) >= 11 is 3.28. The number of carbonyl (C=O) groups excluding carboxylic acids is 2. The third-order valence-electron chi connectivity index (χ3n) is 4.56. The van der Waals surface area contributed by atoms with Gasteiger partial charge in [-0.05, 0) is 32.0 Å². The molecule has 3 heterocycles. The van der Waals surface area contributed by atoms with Gasteiger partial charge in [0, 0.05) is 40.8 Å². The van der Waals surface area contributed by atoms with Crippen molar-refractivity contribution in [3.63, 3.8) is 0 Å². The van der Waals surface area contributed by atoms with E-state index in [4.69, 9.17) is 0 Å². The molecule has 6 nitrogen and oxygen atoms in total. The second-order valence-electron chi connectivity index (χ2n) is 6.66. The molecule has 8 heteroatoms. The number of rotatable bonds is 3. The predicted molar refractivity (Wildman–Crippen MR) is 109 cm³/mol. The minimum Gasteiger partial charge on any atom is -0.336 e. The van der Waals surface area contributed by atoms with Crippen LogP contribution in [-0.2, 0) is 11.3 Å². The minimum absolute atomic E-state index is 0.00990. The standard InChI is InChI=1S/C19H20N4O2S2/c1-11-9-23-15(12(2)20-19(23)27-11)10-22(3)18(25)13-4-5-16-14(8-13)21-17(24)6-7-26-16/h4-5,8-9H,6-7,10H2,1-3H3,(H,21,24). The van der Waals surface area contributed by atoms with Crippen molar-refractivity contribution in [1.82, 2.24) is 14.3 Å². The summed E-state index contributed by atoms with van der Waals surface area (Å²) in [6, 6.07) is 5.52. The number of aryl methyl sites for hydroxylation is 2. The van der Waals surface area contributed by atoms with Crippen molar-refractivity contribution in [1.29, 1.82) is 0 Å². The molecule has 4 rings (SSSR count). The molecule has 0 saturated heterocycles. The predicted octanol–water partition coefficient (Wildman–Crippen LogP) is 3.72. The molecular formula is C19H20N4O2S2. The van der Waals surface area contributed by atoms with Crippen LogP contribution >= 0.6 is 23.1 Å². The quantitative estimate of drug-likeness (QED) is 0.728. The number of anilines is 1. The Labute approximate surface area is 165 Å². The fourth-order valence-electron chi connectivity index (χ4n) is 3.17. The summed E-state index contributed by atoms with van der Waals surface area (Å²) in [6.07, 6.45) is 2.54. The molecular weight excluding hydrogens is 380 g/mol. The maximum atomic E-state index is 13.0. The zero-order valence-electron chi connectivity index (χ0n) is 15.4. The van der Waals surface area contributed by atoms with Crippen LogP contribution in [0.3, 0.4) is 0 Å². The van der Waals surface area contributed by atoms with Gasteiger partial charge in [-0.3, -0.25) is 14.0 Å². The molecule has 2 aromatic heterocycles. The number of benzene rings is 1. The second-order valence-corrected chi connectivity index (χ2v) is 9.01. The number of fused-ring (bicyclic) bond motifs is 2. The molecule has 0 unspecified atom stereocenters. The van der Waals surface area contributed by atoms with Crippen molar-refractivity contribution < 1.29 is 9.59 Å². The molecule has 2 amide bonds. The molecule has 140 valence electrons. The highest BCUT2D eigenvalue weighted by Crippen LogP contribution is 2.32. The van der Waals surface area contributed by atoms with Gasteiger partial charge >= 0.3 is 0 Å². The lowest BCUT2D eigenvalue weighted by Gasteiger charge is -2.18. The normalized spacial score (nSPS) is 14.0. The van der Waals surface area contributed by atoms with Gasteiger partial charge in [-0.25, -0.2) is 4.98 Å². The number of amides is 2. The summed E-state index contributed by atoms with van der Waals surface area (Å²) in [5, 5.41) is 2.89. The third kappa shape index (κ3) is 3.46. The molecule has 0 atom stereocenters. The first kappa shape index (κ1) is 18.1. The van der Waals surface area contributed by atoms with E-state index in [1.165, 1.54) is 4.88 Å². The maximum Gasteiger partial charge on any atom is 0.254 e. The first-order chi connectivity index (χ1) is 12.9. The van der Waals surface area contributed by atoms with Gasteiger partial charge in [0.25, 0.3) is 5.91 Å². The molecule has 0 radical (unpaired) electrons. The molecule has 0 spiro atoms. The van der Waals surface area contributed by atoms with Crippen LogP contribution < -0.4 is 5.32 Å². The van der Waals surface area contributed by atoms with E-state index in [0.717, 1.165) is 32.7 Å². The van der Waals surface area contributed by atoms with Gasteiger partial charge in [-0.2, -0.15) is 0 Å². The zero-order valence-corrected chi connectivity index (χ0v) is 17.0. The fraction of sp³-hybridized carbons (Fsp3) is 0.316. The van der Waals surface area contributed by atoms with Crippen LogP contribution in [0.4, 0.5) is 5.69 Å². The van der Waals surface area contributed by atoms with Crippen molar-refractivity contribution in [2.75, 3.05) is 18.1 Å². The maximum absolute atomic E-state index is 13.0. The average Bonchev–Trinajstić information content (AvgIpc) is 3.03. The van der Waals surface area contributed by atoms with Crippen LogP contribution in [0.1, 0.15) is 33.0 Å². The lowest BCUT2D eigenvalue weighted by molar-refractivity contribution is -0.115. The number of hydrogen-bond donors (Lipinski definition) is 1. The summed E-state index contributed by atoms with van der Waals surface area (Å²) in [5.41, 5.74) is 3.24. The number of carbonyl (C=O) groups is 2. The molecule has 0 fully saturated rings. The van der Waals surface area contributed by atoms with E-state index in [9.17, 15) is 9.59 Å². The van der Waals surface area contributed by atoms with Crippen molar-refractivity contribution in [2.24, 2.45) is 0 Å².